The number of rotatable bonds is 13. The zero-order valence-electron chi connectivity index (χ0n) is 18.2. The summed E-state index contributed by atoms with van der Waals surface area (Å²) in [6.07, 6.45) is 8.39. The fourth-order valence-electron chi connectivity index (χ4n) is 3.79. The molecule has 0 amide bonds. The van der Waals surface area contributed by atoms with E-state index in [1.165, 1.54) is 37.7 Å². The molecule has 3 rings (SSSR count). The van der Waals surface area contributed by atoms with Crippen molar-refractivity contribution in [3.8, 4) is 11.5 Å². The summed E-state index contributed by atoms with van der Waals surface area (Å²) in [5.41, 5.74) is 1.18. The Morgan fingerprint density at radius 1 is 1.07 bits per heavy atom. The molecule has 0 radical (unpaired) electrons. The molecule has 1 aromatic carbocycles. The third-order valence-electron chi connectivity index (χ3n) is 5.45. The van der Waals surface area contributed by atoms with Gasteiger partial charge in [-0.2, -0.15) is 0 Å². The first-order valence-electron chi connectivity index (χ1n) is 11.3. The van der Waals surface area contributed by atoms with Crippen LogP contribution < -0.4 is 14.8 Å². The molecule has 0 unspecified atom stereocenters. The fourth-order valence-corrected chi connectivity index (χ4v) is 3.79. The summed E-state index contributed by atoms with van der Waals surface area (Å²) in [5.74, 6) is 3.82. The number of benzene rings is 1. The van der Waals surface area contributed by atoms with Crippen molar-refractivity contribution >= 4 is 0 Å². The first-order valence-corrected chi connectivity index (χ1v) is 11.3. The van der Waals surface area contributed by atoms with E-state index in [1.54, 1.807) is 0 Å². The molecule has 1 aliphatic heterocycles. The Hall–Kier alpha value is -2.08. The minimum Gasteiger partial charge on any atom is -0.490 e. The summed E-state index contributed by atoms with van der Waals surface area (Å²) >= 11 is 0. The van der Waals surface area contributed by atoms with Crippen LogP contribution in [0.25, 0.3) is 0 Å². The van der Waals surface area contributed by atoms with Crippen molar-refractivity contribution in [3.63, 3.8) is 0 Å². The van der Waals surface area contributed by atoms with E-state index in [1.807, 2.05) is 13.0 Å². The summed E-state index contributed by atoms with van der Waals surface area (Å²) < 4.78 is 14.1. The van der Waals surface area contributed by atoms with Crippen LogP contribution in [-0.4, -0.2) is 28.0 Å². The second-order valence-electron chi connectivity index (χ2n) is 7.81. The van der Waals surface area contributed by atoms with Crippen molar-refractivity contribution in [1.29, 1.82) is 0 Å². The molecule has 0 bridgehead atoms. The van der Waals surface area contributed by atoms with Crippen LogP contribution in [0.15, 0.2) is 18.2 Å². The number of aryl methyl sites for hydroxylation is 1. The molecular weight excluding hydrogens is 364 g/mol. The highest BCUT2D eigenvalue weighted by molar-refractivity contribution is 5.43. The van der Waals surface area contributed by atoms with E-state index in [-0.39, 0.29) is 6.04 Å². The molecule has 1 aromatic heterocycles. The molecule has 0 saturated carbocycles. The number of nitrogens with zero attached hydrogens (tertiary/aromatic N) is 3. The van der Waals surface area contributed by atoms with Crippen molar-refractivity contribution < 1.29 is 9.47 Å². The largest absolute Gasteiger partial charge is 0.490 e. The lowest BCUT2D eigenvalue weighted by atomic mass is 10.1. The SMILES string of the molecule is CCCCCCCOc1ccc(CN[C@@H](C)c2nnc3n2CCC3)cc1OCC. The van der Waals surface area contributed by atoms with Crippen LogP contribution in [0.1, 0.15) is 82.6 Å². The minimum absolute atomic E-state index is 0.156. The van der Waals surface area contributed by atoms with Crippen molar-refractivity contribution in [1.82, 2.24) is 20.1 Å². The Bertz CT molecular complexity index is 759. The average Bonchev–Trinajstić information content (AvgIpc) is 3.34. The van der Waals surface area contributed by atoms with Crippen LogP contribution in [0.5, 0.6) is 11.5 Å². The zero-order chi connectivity index (χ0) is 20.5. The molecule has 1 atom stereocenters. The summed E-state index contributed by atoms with van der Waals surface area (Å²) in [5, 5.41) is 12.3. The van der Waals surface area contributed by atoms with E-state index in [0.717, 1.165) is 55.7 Å². The Morgan fingerprint density at radius 2 is 1.93 bits per heavy atom. The van der Waals surface area contributed by atoms with Gasteiger partial charge in [0.05, 0.1) is 19.3 Å². The van der Waals surface area contributed by atoms with Gasteiger partial charge in [0.1, 0.15) is 11.6 Å². The number of hydrogen-bond acceptors (Lipinski definition) is 5. The molecule has 1 aliphatic rings. The van der Waals surface area contributed by atoms with Gasteiger partial charge in [-0.05, 0) is 44.4 Å². The highest BCUT2D eigenvalue weighted by Gasteiger charge is 2.21. The van der Waals surface area contributed by atoms with E-state index in [9.17, 15) is 0 Å². The Morgan fingerprint density at radius 3 is 2.76 bits per heavy atom. The van der Waals surface area contributed by atoms with Crippen LogP contribution in [-0.2, 0) is 19.5 Å². The molecule has 29 heavy (non-hydrogen) atoms. The van der Waals surface area contributed by atoms with E-state index >= 15 is 0 Å². The topological polar surface area (TPSA) is 61.2 Å². The van der Waals surface area contributed by atoms with Crippen molar-refractivity contribution in [2.45, 2.75) is 84.8 Å². The lowest BCUT2D eigenvalue weighted by Crippen LogP contribution is -2.21. The first kappa shape index (κ1) is 21.6. The predicted molar refractivity (Wildman–Crippen MR) is 115 cm³/mol. The van der Waals surface area contributed by atoms with E-state index in [2.05, 4.69) is 46.1 Å². The smallest absolute Gasteiger partial charge is 0.161 e. The van der Waals surface area contributed by atoms with E-state index < -0.39 is 0 Å². The minimum atomic E-state index is 0.156. The number of hydrogen-bond donors (Lipinski definition) is 1. The predicted octanol–water partition coefficient (Wildman–Crippen LogP) is 4.82. The molecule has 0 fully saturated rings. The van der Waals surface area contributed by atoms with Gasteiger partial charge < -0.3 is 19.4 Å². The molecule has 1 N–H and O–H groups in total. The van der Waals surface area contributed by atoms with Crippen LogP contribution in [0.3, 0.4) is 0 Å². The maximum Gasteiger partial charge on any atom is 0.161 e. The Labute approximate surface area is 175 Å². The maximum atomic E-state index is 5.99. The molecule has 2 heterocycles. The van der Waals surface area contributed by atoms with Gasteiger partial charge in [-0.25, -0.2) is 0 Å². The maximum absolute atomic E-state index is 5.99. The lowest BCUT2D eigenvalue weighted by Gasteiger charge is -2.16. The van der Waals surface area contributed by atoms with Crippen LogP contribution in [0.2, 0.25) is 0 Å². The van der Waals surface area contributed by atoms with Crippen LogP contribution >= 0.6 is 0 Å². The molecule has 6 heteroatoms. The Balaban J connectivity index is 1.53. The van der Waals surface area contributed by atoms with Gasteiger partial charge in [0.25, 0.3) is 0 Å². The van der Waals surface area contributed by atoms with E-state index in [4.69, 9.17) is 9.47 Å². The van der Waals surface area contributed by atoms with Gasteiger partial charge in [0.15, 0.2) is 11.5 Å². The number of ether oxygens (including phenoxy) is 2. The zero-order valence-corrected chi connectivity index (χ0v) is 18.2. The summed E-state index contributed by atoms with van der Waals surface area (Å²) in [6, 6.07) is 6.39. The Kier molecular flexibility index (Phi) is 8.35. The molecule has 6 nitrogen and oxygen atoms in total. The van der Waals surface area contributed by atoms with Crippen molar-refractivity contribution in [2.24, 2.45) is 0 Å². The quantitative estimate of drug-likeness (QED) is 0.488. The van der Waals surface area contributed by atoms with Crippen LogP contribution in [0, 0.1) is 0 Å². The average molecular weight is 401 g/mol. The fraction of sp³-hybridized carbons (Fsp3) is 0.652. The highest BCUT2D eigenvalue weighted by Crippen LogP contribution is 2.29. The van der Waals surface area contributed by atoms with Crippen molar-refractivity contribution in [3.05, 3.63) is 35.4 Å². The molecule has 0 aliphatic carbocycles. The van der Waals surface area contributed by atoms with Crippen molar-refractivity contribution in [2.75, 3.05) is 13.2 Å². The number of unbranched alkanes of at least 4 members (excludes halogenated alkanes) is 4. The lowest BCUT2D eigenvalue weighted by molar-refractivity contribution is 0.270. The van der Waals surface area contributed by atoms with Crippen LogP contribution in [0.4, 0.5) is 0 Å². The summed E-state index contributed by atoms with van der Waals surface area (Å²) in [6.45, 7) is 9.55. The normalized spacial score (nSPS) is 14.0. The van der Waals surface area contributed by atoms with Gasteiger partial charge in [0, 0.05) is 19.5 Å². The van der Waals surface area contributed by atoms with Gasteiger partial charge in [-0.15, -0.1) is 10.2 Å². The second kappa shape index (κ2) is 11.2. The molecule has 160 valence electrons. The molecule has 2 aromatic rings. The molecule has 0 saturated heterocycles. The third-order valence-corrected chi connectivity index (χ3v) is 5.45. The monoisotopic (exact) mass is 400 g/mol. The molecule has 0 spiro atoms. The number of aromatic nitrogens is 3. The second-order valence-corrected chi connectivity index (χ2v) is 7.81. The first-order chi connectivity index (χ1) is 14.2. The number of fused-ring (bicyclic) bond motifs is 1. The molecular formula is C23H36N4O2. The van der Waals surface area contributed by atoms with Gasteiger partial charge >= 0.3 is 0 Å². The highest BCUT2D eigenvalue weighted by atomic mass is 16.5. The summed E-state index contributed by atoms with van der Waals surface area (Å²) in [4.78, 5) is 0. The summed E-state index contributed by atoms with van der Waals surface area (Å²) in [7, 11) is 0. The van der Waals surface area contributed by atoms with Gasteiger partial charge in [-0.3, -0.25) is 0 Å². The third kappa shape index (κ3) is 5.95. The van der Waals surface area contributed by atoms with Gasteiger partial charge in [-0.1, -0.05) is 38.7 Å². The standard InChI is InChI=1S/C23H36N4O2/c1-4-6-7-8-9-15-29-20-13-12-19(16-21(20)28-5-2)17-24-18(3)23-26-25-22-11-10-14-27(22)23/h12-13,16,18,24H,4-11,14-15,17H2,1-3H3/t18-/m0/s1. The van der Waals surface area contributed by atoms with Gasteiger partial charge in [0.2, 0.25) is 0 Å². The number of nitrogens with one attached hydrogen (secondary N) is 1. The van der Waals surface area contributed by atoms with E-state index in [0.29, 0.717) is 6.61 Å².